The summed E-state index contributed by atoms with van der Waals surface area (Å²) in [6, 6.07) is 7.62. The first-order valence-corrected chi connectivity index (χ1v) is 7.45. The maximum Gasteiger partial charge on any atom is 0.272 e. The highest BCUT2D eigenvalue weighted by Crippen LogP contribution is 2.36. The van der Waals surface area contributed by atoms with Gasteiger partial charge in [-0.25, -0.2) is 5.43 Å². The Kier molecular flexibility index (Phi) is 5.89. The summed E-state index contributed by atoms with van der Waals surface area (Å²) in [5, 5.41) is 14.4. The molecule has 0 aromatic heterocycles. The molecule has 0 saturated heterocycles. The molecule has 2 aromatic rings. The van der Waals surface area contributed by atoms with Crippen molar-refractivity contribution in [3.63, 3.8) is 0 Å². The van der Waals surface area contributed by atoms with Crippen molar-refractivity contribution in [2.45, 2.75) is 0 Å². The van der Waals surface area contributed by atoms with E-state index in [0.717, 1.165) is 0 Å². The van der Waals surface area contributed by atoms with Crippen LogP contribution in [0, 0.1) is 0 Å². The van der Waals surface area contributed by atoms with Gasteiger partial charge in [0.25, 0.3) is 5.91 Å². The van der Waals surface area contributed by atoms with E-state index in [1.54, 1.807) is 18.2 Å². The number of rotatable bonds is 5. The minimum atomic E-state index is -0.481. The van der Waals surface area contributed by atoms with Gasteiger partial charge in [0.1, 0.15) is 0 Å². The van der Waals surface area contributed by atoms with Gasteiger partial charge < -0.3 is 14.6 Å². The molecule has 0 fully saturated rings. The molecule has 0 saturated carbocycles. The Hall–Kier alpha value is -2.44. The maximum absolute atomic E-state index is 12.0. The summed E-state index contributed by atoms with van der Waals surface area (Å²) in [7, 11) is 2.83. The summed E-state index contributed by atoms with van der Waals surface area (Å²) in [6.07, 6.45) is 1.38. The molecule has 0 bridgehead atoms. The van der Waals surface area contributed by atoms with E-state index in [1.165, 1.54) is 32.6 Å². The Bertz CT molecular complexity index is 769. The normalized spacial score (nSPS) is 10.7. The van der Waals surface area contributed by atoms with Crippen LogP contribution in [-0.4, -0.2) is 31.4 Å². The average Bonchev–Trinajstić information content (AvgIpc) is 2.55. The largest absolute Gasteiger partial charge is 0.502 e. The molecule has 0 spiro atoms. The van der Waals surface area contributed by atoms with Crippen molar-refractivity contribution >= 4 is 35.3 Å². The summed E-state index contributed by atoms with van der Waals surface area (Å²) in [5.41, 5.74) is 3.16. The van der Waals surface area contributed by atoms with Gasteiger partial charge in [-0.15, -0.1) is 0 Å². The van der Waals surface area contributed by atoms with Crippen LogP contribution in [0.25, 0.3) is 0 Å². The summed E-state index contributed by atoms with van der Waals surface area (Å²) >= 11 is 11.7. The Balaban J connectivity index is 2.15. The lowest BCUT2D eigenvalue weighted by Crippen LogP contribution is -2.18. The number of phenolic OH excluding ortho intramolecular Hbond substituents is 1. The first kappa shape index (κ1) is 17.9. The van der Waals surface area contributed by atoms with E-state index >= 15 is 0 Å². The molecule has 2 aromatic carbocycles. The minimum absolute atomic E-state index is 0.117. The number of nitrogens with zero attached hydrogens (tertiary/aromatic N) is 1. The zero-order valence-corrected chi connectivity index (χ0v) is 14.4. The summed E-state index contributed by atoms with van der Waals surface area (Å²) in [5.74, 6) is -0.148. The number of carbonyl (C=O) groups is 1. The molecule has 0 aliphatic carbocycles. The fourth-order valence-corrected chi connectivity index (χ4v) is 2.38. The van der Waals surface area contributed by atoms with Crippen LogP contribution >= 0.6 is 23.2 Å². The number of hydrogen-bond acceptors (Lipinski definition) is 5. The van der Waals surface area contributed by atoms with Crippen LogP contribution < -0.4 is 14.9 Å². The van der Waals surface area contributed by atoms with Crippen molar-refractivity contribution in [3.8, 4) is 17.2 Å². The fourth-order valence-electron chi connectivity index (χ4n) is 1.89. The van der Waals surface area contributed by atoms with Crippen LogP contribution in [0.3, 0.4) is 0 Å². The topological polar surface area (TPSA) is 80.2 Å². The summed E-state index contributed by atoms with van der Waals surface area (Å²) in [6.45, 7) is 0. The van der Waals surface area contributed by atoms with Crippen molar-refractivity contribution in [2.24, 2.45) is 5.10 Å². The first-order valence-electron chi connectivity index (χ1n) is 6.69. The third-order valence-corrected chi connectivity index (χ3v) is 3.61. The summed E-state index contributed by atoms with van der Waals surface area (Å²) in [4.78, 5) is 12.0. The average molecular weight is 369 g/mol. The smallest absolute Gasteiger partial charge is 0.272 e. The van der Waals surface area contributed by atoms with Gasteiger partial charge >= 0.3 is 0 Å². The Morgan fingerprint density at radius 2 is 1.79 bits per heavy atom. The monoisotopic (exact) mass is 368 g/mol. The molecule has 0 atom stereocenters. The van der Waals surface area contributed by atoms with Gasteiger partial charge in [0.2, 0.25) is 5.75 Å². The second kappa shape index (κ2) is 7.90. The van der Waals surface area contributed by atoms with Crippen LogP contribution in [0.5, 0.6) is 17.2 Å². The SMILES string of the molecule is COc1cc(/C=N/NC(=O)c2ccc(Cl)cc2Cl)cc(OC)c1O. The van der Waals surface area contributed by atoms with E-state index in [-0.39, 0.29) is 27.8 Å². The fraction of sp³-hybridized carbons (Fsp3) is 0.125. The third kappa shape index (κ3) is 4.10. The first-order chi connectivity index (χ1) is 11.5. The molecule has 0 heterocycles. The molecule has 0 aliphatic rings. The quantitative estimate of drug-likeness (QED) is 0.625. The molecule has 0 aliphatic heterocycles. The second-order valence-electron chi connectivity index (χ2n) is 4.60. The number of phenols is 1. The van der Waals surface area contributed by atoms with Crippen LogP contribution in [0.2, 0.25) is 10.0 Å². The number of amides is 1. The zero-order chi connectivity index (χ0) is 17.7. The van der Waals surface area contributed by atoms with Crippen LogP contribution in [0.4, 0.5) is 0 Å². The molecule has 126 valence electrons. The minimum Gasteiger partial charge on any atom is -0.502 e. The number of nitrogens with one attached hydrogen (secondary N) is 1. The number of halogens is 2. The number of hydrogen-bond donors (Lipinski definition) is 2. The number of carbonyl (C=O) groups excluding carboxylic acids is 1. The van der Waals surface area contributed by atoms with E-state index in [4.69, 9.17) is 32.7 Å². The predicted octanol–water partition coefficient (Wildman–Crippen LogP) is 3.48. The molecule has 0 unspecified atom stereocenters. The molecule has 8 heteroatoms. The molecule has 2 N–H and O–H groups in total. The molecular formula is C16H14Cl2N2O4. The van der Waals surface area contributed by atoms with Gasteiger partial charge in [0.05, 0.1) is 31.0 Å². The van der Waals surface area contributed by atoms with E-state index in [2.05, 4.69) is 10.5 Å². The summed E-state index contributed by atoms with van der Waals surface area (Å²) < 4.78 is 10.1. The highest BCUT2D eigenvalue weighted by atomic mass is 35.5. The van der Waals surface area contributed by atoms with Crippen molar-refractivity contribution in [1.29, 1.82) is 0 Å². The predicted molar refractivity (Wildman–Crippen MR) is 92.7 cm³/mol. The number of aromatic hydroxyl groups is 1. The van der Waals surface area contributed by atoms with Gasteiger partial charge in [-0.05, 0) is 30.3 Å². The number of benzene rings is 2. The van der Waals surface area contributed by atoms with Gasteiger partial charge in [0.15, 0.2) is 11.5 Å². The van der Waals surface area contributed by atoms with E-state index < -0.39 is 5.91 Å². The Morgan fingerprint density at radius 3 is 2.33 bits per heavy atom. The number of hydrazone groups is 1. The molecule has 2 rings (SSSR count). The third-order valence-electron chi connectivity index (χ3n) is 3.06. The molecule has 6 nitrogen and oxygen atoms in total. The lowest BCUT2D eigenvalue weighted by molar-refractivity contribution is 0.0955. The van der Waals surface area contributed by atoms with Gasteiger partial charge in [0, 0.05) is 10.6 Å². The van der Waals surface area contributed by atoms with Crippen molar-refractivity contribution < 1.29 is 19.4 Å². The molecule has 1 amide bonds. The van der Waals surface area contributed by atoms with Crippen LogP contribution in [0.15, 0.2) is 35.4 Å². The van der Waals surface area contributed by atoms with Crippen LogP contribution in [0.1, 0.15) is 15.9 Å². The van der Waals surface area contributed by atoms with Crippen molar-refractivity contribution in [3.05, 3.63) is 51.5 Å². The van der Waals surface area contributed by atoms with Gasteiger partial charge in [-0.3, -0.25) is 4.79 Å². The van der Waals surface area contributed by atoms with Crippen molar-refractivity contribution in [2.75, 3.05) is 14.2 Å². The number of methoxy groups -OCH3 is 2. The second-order valence-corrected chi connectivity index (χ2v) is 5.44. The van der Waals surface area contributed by atoms with E-state index in [9.17, 15) is 9.90 Å². The lowest BCUT2D eigenvalue weighted by atomic mass is 10.2. The molecule has 0 radical (unpaired) electrons. The molecule has 24 heavy (non-hydrogen) atoms. The highest BCUT2D eigenvalue weighted by Gasteiger charge is 2.11. The van der Waals surface area contributed by atoms with Crippen LogP contribution in [-0.2, 0) is 0 Å². The zero-order valence-electron chi connectivity index (χ0n) is 12.8. The molecular weight excluding hydrogens is 355 g/mol. The van der Waals surface area contributed by atoms with Gasteiger partial charge in [-0.1, -0.05) is 23.2 Å². The maximum atomic E-state index is 12.0. The van der Waals surface area contributed by atoms with E-state index in [0.29, 0.717) is 10.6 Å². The van der Waals surface area contributed by atoms with Gasteiger partial charge in [-0.2, -0.15) is 5.10 Å². The lowest BCUT2D eigenvalue weighted by Gasteiger charge is -2.09. The Labute approximate surface area is 148 Å². The van der Waals surface area contributed by atoms with E-state index in [1.807, 2.05) is 0 Å². The standard InChI is InChI=1S/C16H14Cl2N2O4/c1-23-13-5-9(6-14(24-2)15(13)21)8-19-20-16(22)11-4-3-10(17)7-12(11)18/h3-8,21H,1-2H3,(H,20,22)/b19-8+. The van der Waals surface area contributed by atoms with Crippen molar-refractivity contribution in [1.82, 2.24) is 5.43 Å². The number of ether oxygens (including phenoxy) is 2. The Morgan fingerprint density at radius 1 is 1.17 bits per heavy atom. The highest BCUT2D eigenvalue weighted by molar-refractivity contribution is 6.36.